The minimum Gasteiger partial charge on any atom is -0.383 e. The molecule has 0 fully saturated rings. The highest BCUT2D eigenvalue weighted by atomic mass is 19.3. The molecule has 3 N–H and O–H groups in total. The number of nitrogens with zero attached hydrogens (tertiary/aromatic N) is 1. The van der Waals surface area contributed by atoms with E-state index < -0.39 is 25.7 Å². The SMILES string of the molecule is N=C1N=C(N)c2cc3cc4c(cc3c(-c3cc(CC(F)F)cc(CC(F)F)c3)c21)CCCC4. The third-order valence-corrected chi connectivity index (χ3v) is 6.47. The predicted octanol–water partition coefficient (Wildman–Crippen LogP) is 6.05. The molecule has 0 radical (unpaired) electrons. The Morgan fingerprint density at radius 1 is 0.818 bits per heavy atom. The van der Waals surface area contributed by atoms with E-state index in [4.69, 9.17) is 11.1 Å². The number of hydrogen-bond donors (Lipinski definition) is 2. The maximum absolute atomic E-state index is 13.2. The fourth-order valence-electron chi connectivity index (χ4n) is 5.12. The highest BCUT2D eigenvalue weighted by Gasteiger charge is 2.27. The molecule has 0 bridgehead atoms. The van der Waals surface area contributed by atoms with Gasteiger partial charge in [-0.1, -0.05) is 30.3 Å². The first kappa shape index (κ1) is 21.6. The van der Waals surface area contributed by atoms with Gasteiger partial charge in [-0.2, -0.15) is 0 Å². The smallest absolute Gasteiger partial charge is 0.242 e. The Kier molecular flexibility index (Phi) is 5.43. The van der Waals surface area contributed by atoms with Crippen LogP contribution in [0.15, 0.2) is 41.4 Å². The van der Waals surface area contributed by atoms with Crippen LogP contribution in [0.5, 0.6) is 0 Å². The molecule has 0 atom stereocenters. The van der Waals surface area contributed by atoms with Crippen molar-refractivity contribution in [2.45, 2.75) is 51.4 Å². The lowest BCUT2D eigenvalue weighted by molar-refractivity contribution is 0.148. The van der Waals surface area contributed by atoms with E-state index in [9.17, 15) is 17.6 Å². The van der Waals surface area contributed by atoms with Crippen molar-refractivity contribution in [3.05, 3.63) is 69.8 Å². The van der Waals surface area contributed by atoms with Crippen LogP contribution in [-0.2, 0) is 25.7 Å². The number of benzene rings is 3. The van der Waals surface area contributed by atoms with Crippen LogP contribution in [0.25, 0.3) is 21.9 Å². The van der Waals surface area contributed by atoms with E-state index in [2.05, 4.69) is 17.1 Å². The van der Waals surface area contributed by atoms with Gasteiger partial charge in [-0.15, -0.1) is 0 Å². The number of nitrogens with one attached hydrogen (secondary N) is 1. The van der Waals surface area contributed by atoms with Crippen LogP contribution >= 0.6 is 0 Å². The summed E-state index contributed by atoms with van der Waals surface area (Å²) < 4.78 is 52.8. The average Bonchev–Trinajstić information content (AvgIpc) is 3.02. The topological polar surface area (TPSA) is 62.2 Å². The molecule has 2 aliphatic rings. The fourth-order valence-corrected chi connectivity index (χ4v) is 5.12. The molecule has 1 aliphatic heterocycles. The molecule has 0 aromatic heterocycles. The quantitative estimate of drug-likeness (QED) is 0.454. The van der Waals surface area contributed by atoms with E-state index in [1.807, 2.05) is 6.07 Å². The van der Waals surface area contributed by atoms with E-state index in [-0.39, 0.29) is 11.7 Å². The Bertz CT molecular complexity index is 1280. The molecule has 0 amide bonds. The summed E-state index contributed by atoms with van der Waals surface area (Å²) >= 11 is 0. The Balaban J connectivity index is 1.81. The molecule has 170 valence electrons. The number of hydrogen-bond acceptors (Lipinski definition) is 2. The molecule has 0 saturated carbocycles. The zero-order valence-electron chi connectivity index (χ0n) is 17.9. The molecular formula is C26H23F4N3. The van der Waals surface area contributed by atoms with Crippen molar-refractivity contribution >= 4 is 22.4 Å². The normalized spacial score (nSPS) is 15.3. The first-order valence-electron chi connectivity index (χ1n) is 11.1. The largest absolute Gasteiger partial charge is 0.383 e. The molecule has 3 aromatic rings. The maximum atomic E-state index is 13.2. The van der Waals surface area contributed by atoms with Crippen LogP contribution < -0.4 is 5.73 Å². The molecule has 0 spiro atoms. The fraction of sp³-hybridized carbons (Fsp3) is 0.308. The number of rotatable bonds is 5. The van der Waals surface area contributed by atoms with E-state index >= 15 is 0 Å². The summed E-state index contributed by atoms with van der Waals surface area (Å²) in [5, 5.41) is 10.2. The number of aryl methyl sites for hydroxylation is 2. The van der Waals surface area contributed by atoms with Crippen LogP contribution in [0.1, 0.15) is 46.2 Å². The molecule has 0 saturated heterocycles. The number of alkyl halides is 4. The predicted molar refractivity (Wildman–Crippen MR) is 123 cm³/mol. The van der Waals surface area contributed by atoms with Gasteiger partial charge in [-0.3, -0.25) is 5.41 Å². The average molecular weight is 453 g/mol. The van der Waals surface area contributed by atoms with E-state index in [1.54, 1.807) is 12.1 Å². The van der Waals surface area contributed by atoms with Gasteiger partial charge < -0.3 is 5.73 Å². The lowest BCUT2D eigenvalue weighted by Gasteiger charge is -2.20. The van der Waals surface area contributed by atoms with Crippen molar-refractivity contribution in [3.8, 4) is 11.1 Å². The summed E-state index contributed by atoms with van der Waals surface area (Å²) in [4.78, 5) is 4.14. The Morgan fingerprint density at radius 2 is 1.42 bits per heavy atom. The number of nitrogens with two attached hydrogens (primary N) is 1. The van der Waals surface area contributed by atoms with Gasteiger partial charge in [0, 0.05) is 29.5 Å². The zero-order valence-corrected chi connectivity index (χ0v) is 17.9. The molecule has 3 aromatic carbocycles. The van der Waals surface area contributed by atoms with Crippen LogP contribution in [0.4, 0.5) is 17.6 Å². The summed E-state index contributed by atoms with van der Waals surface area (Å²) in [5.74, 6) is 0.221. The molecule has 7 heteroatoms. The van der Waals surface area contributed by atoms with E-state index in [0.717, 1.165) is 36.5 Å². The second-order valence-electron chi connectivity index (χ2n) is 8.80. The van der Waals surface area contributed by atoms with Gasteiger partial charge in [0.05, 0.1) is 0 Å². The minimum atomic E-state index is -2.60. The van der Waals surface area contributed by atoms with E-state index in [0.29, 0.717) is 33.4 Å². The Morgan fingerprint density at radius 3 is 2.03 bits per heavy atom. The Labute approximate surface area is 188 Å². The van der Waals surface area contributed by atoms with Crippen LogP contribution in [0.2, 0.25) is 0 Å². The highest BCUT2D eigenvalue weighted by molar-refractivity contribution is 6.27. The summed E-state index contributed by atoms with van der Waals surface area (Å²) in [5.41, 5.74) is 11.5. The summed E-state index contributed by atoms with van der Waals surface area (Å²) in [6.07, 6.45) is -2.10. The lowest BCUT2D eigenvalue weighted by atomic mass is 9.83. The molecule has 0 unspecified atom stereocenters. The van der Waals surface area contributed by atoms with Gasteiger partial charge in [0.25, 0.3) is 0 Å². The van der Waals surface area contributed by atoms with Crippen molar-refractivity contribution in [1.82, 2.24) is 0 Å². The first-order chi connectivity index (χ1) is 15.8. The van der Waals surface area contributed by atoms with Crippen molar-refractivity contribution in [2.75, 3.05) is 0 Å². The summed E-state index contributed by atoms with van der Waals surface area (Å²) in [6.45, 7) is 0. The molecular weight excluding hydrogens is 430 g/mol. The second-order valence-corrected chi connectivity index (χ2v) is 8.80. The highest BCUT2D eigenvalue weighted by Crippen LogP contribution is 2.40. The van der Waals surface area contributed by atoms with Crippen molar-refractivity contribution in [2.24, 2.45) is 10.7 Å². The van der Waals surface area contributed by atoms with Gasteiger partial charge in [0.2, 0.25) is 12.9 Å². The maximum Gasteiger partial charge on any atom is 0.242 e. The standard InChI is InChI=1S/C26H23F4N3/c27-21(28)8-13-5-14(9-22(29)30)7-18(6-13)23-19-11-16-4-2-1-3-15(16)10-17(19)12-20-24(23)26(32)33-25(20)31/h5-7,10-12,21-22H,1-4,8-9H2,(H3,31,32,33). The number of fused-ring (bicyclic) bond motifs is 3. The van der Waals surface area contributed by atoms with Crippen LogP contribution in [0.3, 0.4) is 0 Å². The van der Waals surface area contributed by atoms with Gasteiger partial charge in [0.1, 0.15) is 5.84 Å². The van der Waals surface area contributed by atoms with Crippen molar-refractivity contribution < 1.29 is 17.6 Å². The molecule has 1 aliphatic carbocycles. The third-order valence-electron chi connectivity index (χ3n) is 6.47. The number of amidine groups is 2. The van der Waals surface area contributed by atoms with Crippen LogP contribution in [0, 0.1) is 5.41 Å². The second kappa shape index (κ2) is 8.28. The first-order valence-corrected chi connectivity index (χ1v) is 11.1. The minimum absolute atomic E-state index is 0.00760. The van der Waals surface area contributed by atoms with Crippen molar-refractivity contribution in [3.63, 3.8) is 0 Å². The molecule has 33 heavy (non-hydrogen) atoms. The van der Waals surface area contributed by atoms with Gasteiger partial charge >= 0.3 is 0 Å². The van der Waals surface area contributed by atoms with Crippen LogP contribution in [-0.4, -0.2) is 24.5 Å². The molecule has 3 nitrogen and oxygen atoms in total. The third kappa shape index (κ3) is 4.01. The monoisotopic (exact) mass is 453 g/mol. The van der Waals surface area contributed by atoms with Gasteiger partial charge in [-0.25, -0.2) is 22.6 Å². The molecule has 1 heterocycles. The molecule has 5 rings (SSSR count). The number of halogens is 4. The zero-order chi connectivity index (χ0) is 23.3. The summed E-state index contributed by atoms with van der Waals surface area (Å²) in [6, 6.07) is 10.8. The lowest BCUT2D eigenvalue weighted by Crippen LogP contribution is -2.11. The van der Waals surface area contributed by atoms with Gasteiger partial charge in [-0.05, 0) is 70.3 Å². The van der Waals surface area contributed by atoms with E-state index in [1.165, 1.54) is 17.2 Å². The number of aliphatic imine (C=N–C) groups is 1. The summed E-state index contributed by atoms with van der Waals surface area (Å²) in [7, 11) is 0. The van der Waals surface area contributed by atoms with Crippen molar-refractivity contribution in [1.29, 1.82) is 5.41 Å². The Hall–Kier alpha value is -3.22. The van der Waals surface area contributed by atoms with Gasteiger partial charge in [0.15, 0.2) is 5.84 Å².